The van der Waals surface area contributed by atoms with Crippen LogP contribution in [0.4, 0.5) is 13.2 Å². The van der Waals surface area contributed by atoms with Gasteiger partial charge in [-0.1, -0.05) is 12.1 Å². The number of nitrogens with zero attached hydrogens (tertiary/aromatic N) is 2. The summed E-state index contributed by atoms with van der Waals surface area (Å²) >= 11 is 0. The van der Waals surface area contributed by atoms with Crippen LogP contribution in [0.25, 0.3) is 5.69 Å². The monoisotopic (exact) mass is 269 g/mol. The van der Waals surface area contributed by atoms with Crippen molar-refractivity contribution in [2.45, 2.75) is 26.6 Å². The largest absolute Gasteiger partial charge is 0.433 e. The van der Waals surface area contributed by atoms with E-state index in [-0.39, 0.29) is 12.1 Å². The van der Waals surface area contributed by atoms with Crippen LogP contribution >= 0.6 is 0 Å². The summed E-state index contributed by atoms with van der Waals surface area (Å²) in [6, 6.07) is 5.17. The van der Waals surface area contributed by atoms with Gasteiger partial charge in [-0.05, 0) is 31.0 Å². The predicted molar refractivity (Wildman–Crippen MR) is 65.9 cm³/mol. The highest BCUT2D eigenvalue weighted by Gasteiger charge is 2.38. The van der Waals surface area contributed by atoms with E-state index in [1.165, 1.54) is 6.20 Å². The van der Waals surface area contributed by atoms with E-state index < -0.39 is 11.9 Å². The molecule has 2 aromatic rings. The van der Waals surface area contributed by atoms with Crippen molar-refractivity contribution in [2.24, 2.45) is 5.73 Å². The highest BCUT2D eigenvalue weighted by molar-refractivity contribution is 5.46. The summed E-state index contributed by atoms with van der Waals surface area (Å²) in [5.74, 6) is 0. The summed E-state index contributed by atoms with van der Waals surface area (Å²) in [7, 11) is 0. The molecule has 3 nitrogen and oxygen atoms in total. The van der Waals surface area contributed by atoms with Gasteiger partial charge in [-0.2, -0.15) is 18.3 Å². The topological polar surface area (TPSA) is 43.8 Å². The summed E-state index contributed by atoms with van der Waals surface area (Å²) < 4.78 is 40.3. The number of rotatable bonds is 2. The molecule has 0 amide bonds. The van der Waals surface area contributed by atoms with E-state index in [9.17, 15) is 13.2 Å². The molecule has 0 aliphatic carbocycles. The molecular weight excluding hydrogens is 255 g/mol. The van der Waals surface area contributed by atoms with Gasteiger partial charge in [0.25, 0.3) is 0 Å². The first-order chi connectivity index (χ1) is 8.86. The Labute approximate surface area is 108 Å². The molecule has 0 aliphatic rings. The maximum Gasteiger partial charge on any atom is 0.433 e. The van der Waals surface area contributed by atoms with Crippen molar-refractivity contribution in [3.63, 3.8) is 0 Å². The van der Waals surface area contributed by atoms with Gasteiger partial charge in [0, 0.05) is 12.1 Å². The number of alkyl halides is 3. The number of benzene rings is 1. The summed E-state index contributed by atoms with van der Waals surface area (Å²) in [4.78, 5) is 0. The van der Waals surface area contributed by atoms with Crippen molar-refractivity contribution >= 4 is 0 Å². The van der Waals surface area contributed by atoms with E-state index in [0.717, 1.165) is 15.8 Å². The lowest BCUT2D eigenvalue weighted by molar-refractivity contribution is -0.143. The van der Waals surface area contributed by atoms with E-state index in [2.05, 4.69) is 5.10 Å². The van der Waals surface area contributed by atoms with Gasteiger partial charge in [0.2, 0.25) is 0 Å². The molecule has 2 N–H and O–H groups in total. The van der Waals surface area contributed by atoms with Crippen molar-refractivity contribution in [2.75, 3.05) is 0 Å². The Bertz CT molecular complexity index is 600. The second-order valence-corrected chi connectivity index (χ2v) is 4.35. The number of aryl methyl sites for hydroxylation is 1. The van der Waals surface area contributed by atoms with Gasteiger partial charge in [0.05, 0.1) is 11.9 Å². The van der Waals surface area contributed by atoms with Crippen molar-refractivity contribution < 1.29 is 13.2 Å². The first-order valence-corrected chi connectivity index (χ1v) is 5.77. The maximum atomic E-state index is 13.1. The molecule has 0 aliphatic heterocycles. The lowest BCUT2D eigenvalue weighted by atomic mass is 10.1. The van der Waals surface area contributed by atoms with Gasteiger partial charge in [0.15, 0.2) is 5.69 Å². The average molecular weight is 269 g/mol. The number of hydrogen-bond acceptors (Lipinski definition) is 2. The van der Waals surface area contributed by atoms with Crippen molar-refractivity contribution in [1.29, 1.82) is 0 Å². The second kappa shape index (κ2) is 4.70. The molecule has 1 aromatic heterocycles. The summed E-state index contributed by atoms with van der Waals surface area (Å²) in [6.45, 7) is 3.42. The molecule has 1 heterocycles. The van der Waals surface area contributed by atoms with Gasteiger partial charge in [-0.15, -0.1) is 0 Å². The zero-order chi connectivity index (χ0) is 14.2. The molecule has 1 aromatic carbocycles. The molecule has 0 unspecified atom stereocenters. The fourth-order valence-corrected chi connectivity index (χ4v) is 1.98. The minimum atomic E-state index is -4.48. The van der Waals surface area contributed by atoms with Crippen molar-refractivity contribution in [1.82, 2.24) is 9.78 Å². The molecule has 0 radical (unpaired) electrons. The second-order valence-electron chi connectivity index (χ2n) is 4.35. The number of halogens is 3. The Hall–Kier alpha value is -1.82. The van der Waals surface area contributed by atoms with E-state index in [0.29, 0.717) is 5.69 Å². The Kier molecular flexibility index (Phi) is 3.36. The molecule has 0 bridgehead atoms. The molecule has 102 valence electrons. The first kappa shape index (κ1) is 13.6. The lowest BCUT2D eigenvalue weighted by Crippen LogP contribution is -2.17. The van der Waals surface area contributed by atoms with E-state index in [4.69, 9.17) is 5.73 Å². The molecular formula is C13H14F3N3. The van der Waals surface area contributed by atoms with E-state index >= 15 is 0 Å². The van der Waals surface area contributed by atoms with Crippen LogP contribution in [0.15, 0.2) is 24.4 Å². The number of hydrogen-bond donors (Lipinski definition) is 1. The van der Waals surface area contributed by atoms with Gasteiger partial charge < -0.3 is 5.73 Å². The highest BCUT2D eigenvalue weighted by Crippen LogP contribution is 2.34. The Morgan fingerprint density at radius 1 is 1.26 bits per heavy atom. The zero-order valence-corrected chi connectivity index (χ0v) is 10.6. The SMILES string of the molecule is Cc1cccc(-n2ncc(CN)c2C(F)(F)F)c1C. The summed E-state index contributed by atoms with van der Waals surface area (Å²) in [5.41, 5.74) is 6.64. The Balaban J connectivity index is 2.70. The summed E-state index contributed by atoms with van der Waals surface area (Å²) in [5, 5.41) is 3.84. The fraction of sp³-hybridized carbons (Fsp3) is 0.308. The molecule has 2 rings (SSSR count). The standard InChI is InChI=1S/C13H14F3N3/c1-8-4-3-5-11(9(8)2)19-12(13(14,15)16)10(6-17)7-18-19/h3-5,7H,6,17H2,1-2H3. The minimum absolute atomic E-state index is 0.00611. The molecule has 0 fully saturated rings. The molecule has 6 heteroatoms. The zero-order valence-electron chi connectivity index (χ0n) is 10.6. The van der Waals surface area contributed by atoms with Crippen LogP contribution in [0, 0.1) is 13.8 Å². The molecule has 19 heavy (non-hydrogen) atoms. The number of aromatic nitrogens is 2. The smallest absolute Gasteiger partial charge is 0.326 e. The normalized spacial score (nSPS) is 11.9. The van der Waals surface area contributed by atoms with Crippen LogP contribution in [-0.4, -0.2) is 9.78 Å². The van der Waals surface area contributed by atoms with Gasteiger partial charge >= 0.3 is 6.18 Å². The third-order valence-corrected chi connectivity index (χ3v) is 3.14. The molecule has 0 spiro atoms. The van der Waals surface area contributed by atoms with Gasteiger partial charge in [0.1, 0.15) is 0 Å². The third-order valence-electron chi connectivity index (χ3n) is 3.14. The Morgan fingerprint density at radius 3 is 2.53 bits per heavy atom. The quantitative estimate of drug-likeness (QED) is 0.910. The highest BCUT2D eigenvalue weighted by atomic mass is 19.4. The van der Waals surface area contributed by atoms with Crippen LogP contribution in [0.1, 0.15) is 22.4 Å². The van der Waals surface area contributed by atoms with Gasteiger partial charge in [-0.3, -0.25) is 0 Å². The van der Waals surface area contributed by atoms with Crippen LogP contribution in [-0.2, 0) is 12.7 Å². The summed E-state index contributed by atoms with van der Waals surface area (Å²) in [6.07, 6.45) is -3.31. The van der Waals surface area contributed by atoms with E-state index in [1.807, 2.05) is 13.0 Å². The number of nitrogens with two attached hydrogens (primary N) is 1. The third kappa shape index (κ3) is 2.35. The van der Waals surface area contributed by atoms with Crippen molar-refractivity contribution in [3.05, 3.63) is 46.8 Å². The lowest BCUT2D eigenvalue weighted by Gasteiger charge is -2.15. The van der Waals surface area contributed by atoms with Crippen LogP contribution in [0.3, 0.4) is 0 Å². The van der Waals surface area contributed by atoms with Crippen LogP contribution in [0.2, 0.25) is 0 Å². The van der Waals surface area contributed by atoms with Crippen LogP contribution in [0.5, 0.6) is 0 Å². The molecule has 0 saturated heterocycles. The maximum absolute atomic E-state index is 13.1. The van der Waals surface area contributed by atoms with Crippen LogP contribution < -0.4 is 5.73 Å². The fourth-order valence-electron chi connectivity index (χ4n) is 1.98. The average Bonchev–Trinajstić information content (AvgIpc) is 2.76. The Morgan fingerprint density at radius 2 is 1.95 bits per heavy atom. The van der Waals surface area contributed by atoms with E-state index in [1.54, 1.807) is 19.1 Å². The predicted octanol–water partition coefficient (Wildman–Crippen LogP) is 2.97. The molecule has 0 atom stereocenters. The minimum Gasteiger partial charge on any atom is -0.326 e. The first-order valence-electron chi connectivity index (χ1n) is 5.77. The van der Waals surface area contributed by atoms with Crippen molar-refractivity contribution in [3.8, 4) is 5.69 Å². The molecule has 0 saturated carbocycles. The van der Waals surface area contributed by atoms with Gasteiger partial charge in [-0.25, -0.2) is 4.68 Å².